The highest BCUT2D eigenvalue weighted by Gasteiger charge is 2.42. The van der Waals surface area contributed by atoms with Crippen LogP contribution in [-0.4, -0.2) is 173 Å². The highest BCUT2D eigenvalue weighted by atomic mass is 35.5. The fraction of sp³-hybridized carbons (Fsp3) is 0.407. The van der Waals surface area contributed by atoms with E-state index in [9.17, 15) is 38.4 Å². The zero-order valence-electron chi connectivity index (χ0n) is 42.4. The number of carbonyl (C=O) groups is 8. The number of hydrogen-bond donors (Lipinski definition) is 3. The summed E-state index contributed by atoms with van der Waals surface area (Å²) in [5, 5.41) is 15.3. The normalized spacial score (nSPS) is 19.7. The van der Waals surface area contributed by atoms with Gasteiger partial charge in [-0.2, -0.15) is 0 Å². The van der Waals surface area contributed by atoms with Gasteiger partial charge in [0.15, 0.2) is 0 Å². The summed E-state index contributed by atoms with van der Waals surface area (Å²) in [6.45, 7) is 7.11. The molecule has 0 aliphatic carbocycles. The first kappa shape index (κ1) is 56.1. The lowest BCUT2D eigenvalue weighted by Gasteiger charge is -2.36. The first-order chi connectivity index (χ1) is 37.1. The van der Waals surface area contributed by atoms with Gasteiger partial charge < -0.3 is 44.9 Å². The Morgan fingerprint density at radius 1 is 0.506 bits per heavy atom. The SMILES string of the molecule is O=C(Cl)N1CCN(c2cc(C(=O)N3CCCCC3)ccc2Cl)CC1.O=C(ON1C(=O)N[C@@H](Cc2ccccc2)C1=O)N1CCN(c2cc(C(=O)N3CCCCC3)ccc2Cl)CC1.O=C1N[C@@H](Cc2ccccc2)C(=O)N1O. The van der Waals surface area contributed by atoms with Gasteiger partial charge >= 0.3 is 23.5 Å². The second-order valence-electron chi connectivity index (χ2n) is 19.3. The molecule has 2 atom stereocenters. The molecule has 6 aliphatic heterocycles. The number of piperazine rings is 2. The molecule has 10 rings (SSSR count). The van der Waals surface area contributed by atoms with Crippen molar-refractivity contribution < 1.29 is 48.4 Å². The Labute approximate surface area is 461 Å². The molecule has 77 heavy (non-hydrogen) atoms. The van der Waals surface area contributed by atoms with Crippen LogP contribution in [0.3, 0.4) is 0 Å². The van der Waals surface area contributed by atoms with Gasteiger partial charge in [0.2, 0.25) is 0 Å². The highest BCUT2D eigenvalue weighted by molar-refractivity contribution is 6.62. The Bertz CT molecular complexity index is 2790. The predicted octanol–water partition coefficient (Wildman–Crippen LogP) is 7.29. The molecule has 6 aliphatic rings. The van der Waals surface area contributed by atoms with Crippen LogP contribution in [0.15, 0.2) is 97.1 Å². The lowest BCUT2D eigenvalue weighted by atomic mass is 10.1. The van der Waals surface area contributed by atoms with Crippen LogP contribution in [-0.2, 0) is 27.3 Å². The molecule has 4 aromatic rings. The standard InChI is InChI=1S/C27H30ClN5O5.C17H21Cl2N3O2.C10H10N2O3/c28-21-10-9-20(24(34)31-11-5-2-6-12-31)18-23(21)30-13-15-32(16-14-30)27(37)38-33-25(35)22(29-26(33)36)17-19-7-3-1-4-8-19;18-14-5-4-13(16(23)21-6-2-1-3-7-21)12-15(14)20-8-10-22(11-9-20)17(19)24;13-9-8(11-10(14)12(9)15)6-7-4-2-1-3-5-7/h1,3-4,7-10,18,22H,2,5-6,11-17H2,(H,29,36);4-5,12H,1-3,6-11H2;1-5,8,15H,6H2,(H,11,14)/t22-;;8-/m0.0/s1. The minimum atomic E-state index is -0.795. The molecule has 0 aromatic heterocycles. The summed E-state index contributed by atoms with van der Waals surface area (Å²) >= 11 is 18.3. The van der Waals surface area contributed by atoms with E-state index in [1.165, 1.54) is 11.3 Å². The highest BCUT2D eigenvalue weighted by Crippen LogP contribution is 2.31. The molecule has 0 spiro atoms. The number of hydroxylamine groups is 4. The number of hydrogen-bond acceptors (Lipinski definition) is 12. The van der Waals surface area contributed by atoms with Gasteiger partial charge in [-0.15, -0.1) is 5.06 Å². The molecule has 0 unspecified atom stereocenters. The fourth-order valence-corrected chi connectivity index (χ4v) is 10.5. The Morgan fingerprint density at radius 3 is 1.34 bits per heavy atom. The van der Waals surface area contributed by atoms with Gasteiger partial charge in [0.05, 0.1) is 21.4 Å². The predicted molar refractivity (Wildman–Crippen MR) is 288 cm³/mol. The summed E-state index contributed by atoms with van der Waals surface area (Å²) < 4.78 is 0. The Kier molecular flexibility index (Phi) is 19.1. The molecule has 23 heteroatoms. The van der Waals surface area contributed by atoms with Crippen molar-refractivity contribution in [1.82, 2.24) is 40.4 Å². The average Bonchev–Trinajstić information content (AvgIpc) is 3.86. The smallest absolute Gasteiger partial charge is 0.367 e. The third kappa shape index (κ3) is 14.3. The molecule has 20 nitrogen and oxygen atoms in total. The van der Waals surface area contributed by atoms with Crippen molar-refractivity contribution in [2.45, 2.75) is 63.5 Å². The van der Waals surface area contributed by atoms with E-state index in [1.807, 2.05) is 87.5 Å². The summed E-state index contributed by atoms with van der Waals surface area (Å²) in [7, 11) is 0. The van der Waals surface area contributed by atoms with Crippen LogP contribution in [0.25, 0.3) is 0 Å². The molecule has 6 saturated heterocycles. The van der Waals surface area contributed by atoms with E-state index >= 15 is 0 Å². The number of likely N-dealkylation sites (tertiary alicyclic amines) is 2. The first-order valence-electron chi connectivity index (χ1n) is 25.8. The Morgan fingerprint density at radius 2 is 0.922 bits per heavy atom. The van der Waals surface area contributed by atoms with Crippen LogP contribution >= 0.6 is 34.8 Å². The third-order valence-electron chi connectivity index (χ3n) is 14.1. The average molecular weight is 1120 g/mol. The van der Waals surface area contributed by atoms with Crippen LogP contribution in [0, 0.1) is 0 Å². The first-order valence-corrected chi connectivity index (χ1v) is 26.9. The number of carbonyl (C=O) groups excluding carboxylic acids is 8. The van der Waals surface area contributed by atoms with E-state index in [-0.39, 0.29) is 16.9 Å². The molecular weight excluding hydrogens is 1060 g/mol. The summed E-state index contributed by atoms with van der Waals surface area (Å²) in [5.74, 6) is -1.14. The number of benzene rings is 4. The van der Waals surface area contributed by atoms with Crippen molar-refractivity contribution in [1.29, 1.82) is 0 Å². The molecule has 0 saturated carbocycles. The molecule has 6 fully saturated rings. The quantitative estimate of drug-likeness (QED) is 0.0652. The number of amides is 10. The van der Waals surface area contributed by atoms with Crippen LogP contribution in [0.4, 0.5) is 30.6 Å². The number of nitrogens with zero attached hydrogens (tertiary/aromatic N) is 8. The zero-order valence-corrected chi connectivity index (χ0v) is 44.6. The summed E-state index contributed by atoms with van der Waals surface area (Å²) in [4.78, 5) is 113. The molecule has 0 radical (unpaired) electrons. The monoisotopic (exact) mass is 1110 g/mol. The van der Waals surface area contributed by atoms with Crippen LogP contribution < -0.4 is 20.4 Å². The fourth-order valence-electron chi connectivity index (χ4n) is 9.82. The van der Waals surface area contributed by atoms with Crippen LogP contribution in [0.2, 0.25) is 10.0 Å². The molecule has 4 aromatic carbocycles. The minimum Gasteiger partial charge on any atom is -0.367 e. The Balaban J connectivity index is 0.000000170. The number of rotatable bonds is 9. The largest absolute Gasteiger partial charge is 0.434 e. The maximum Gasteiger partial charge on any atom is 0.434 e. The van der Waals surface area contributed by atoms with Crippen molar-refractivity contribution in [3.05, 3.63) is 129 Å². The van der Waals surface area contributed by atoms with E-state index in [0.717, 1.165) is 80.8 Å². The van der Waals surface area contributed by atoms with E-state index in [4.69, 9.17) is 44.8 Å². The van der Waals surface area contributed by atoms with Crippen molar-refractivity contribution in [2.24, 2.45) is 0 Å². The molecule has 0 bridgehead atoms. The molecular formula is C54H61Cl3N10O10. The van der Waals surface area contributed by atoms with E-state index in [2.05, 4.69) is 15.5 Å². The third-order valence-corrected chi connectivity index (χ3v) is 15.0. The maximum atomic E-state index is 13.0. The van der Waals surface area contributed by atoms with Gasteiger partial charge in [-0.25, -0.2) is 14.4 Å². The van der Waals surface area contributed by atoms with Gasteiger partial charge in [-0.1, -0.05) is 88.9 Å². The maximum absolute atomic E-state index is 13.0. The molecule has 408 valence electrons. The van der Waals surface area contributed by atoms with Crippen molar-refractivity contribution in [3.63, 3.8) is 0 Å². The number of urea groups is 2. The molecule has 3 N–H and O–H groups in total. The van der Waals surface area contributed by atoms with Crippen LogP contribution in [0.5, 0.6) is 0 Å². The van der Waals surface area contributed by atoms with Gasteiger partial charge in [0, 0.05) is 103 Å². The summed E-state index contributed by atoms with van der Waals surface area (Å²) in [5.41, 5.74) is 4.67. The van der Waals surface area contributed by atoms with Crippen molar-refractivity contribution in [2.75, 3.05) is 88.3 Å². The van der Waals surface area contributed by atoms with Crippen molar-refractivity contribution >= 4 is 93.3 Å². The molecule has 10 amide bonds. The van der Waals surface area contributed by atoms with Crippen molar-refractivity contribution in [3.8, 4) is 0 Å². The van der Waals surface area contributed by atoms with E-state index in [0.29, 0.717) is 91.4 Å². The number of piperidine rings is 2. The summed E-state index contributed by atoms with van der Waals surface area (Å²) in [6.07, 6.45) is 6.44. The zero-order chi connectivity index (χ0) is 54.6. The number of imide groups is 2. The van der Waals surface area contributed by atoms with Gasteiger partial charge in [0.25, 0.3) is 23.6 Å². The second-order valence-corrected chi connectivity index (χ2v) is 20.4. The Hall–Kier alpha value is -7.13. The number of nitrogens with one attached hydrogen (secondary N) is 2. The minimum absolute atomic E-state index is 0.00366. The summed E-state index contributed by atoms with van der Waals surface area (Å²) in [6, 6.07) is 26.4. The van der Waals surface area contributed by atoms with Gasteiger partial charge in [0.1, 0.15) is 12.1 Å². The lowest BCUT2D eigenvalue weighted by Crippen LogP contribution is -2.50. The second kappa shape index (κ2) is 26.3. The van der Waals surface area contributed by atoms with E-state index < -0.39 is 47.4 Å². The number of anilines is 2. The van der Waals surface area contributed by atoms with Crippen LogP contribution in [0.1, 0.15) is 70.4 Å². The van der Waals surface area contributed by atoms with Gasteiger partial charge in [-0.3, -0.25) is 29.2 Å². The van der Waals surface area contributed by atoms with Gasteiger partial charge in [-0.05, 0) is 97.7 Å². The lowest BCUT2D eigenvalue weighted by molar-refractivity contribution is -0.151. The topological polar surface area (TPSA) is 216 Å². The van der Waals surface area contributed by atoms with E-state index in [1.54, 1.807) is 29.2 Å². The number of halogens is 3. The molecule has 6 heterocycles.